The van der Waals surface area contributed by atoms with Crippen molar-refractivity contribution >= 4 is 44.9 Å². The maximum atomic E-state index is 12.1. The fourth-order valence-corrected chi connectivity index (χ4v) is 4.48. The molecule has 1 aliphatic rings. The van der Waals surface area contributed by atoms with Gasteiger partial charge in [-0.3, -0.25) is 14.9 Å². The molecule has 4 rings (SSSR count). The predicted octanol–water partition coefficient (Wildman–Crippen LogP) is 4.25. The molecule has 0 atom stereocenters. The number of fused-ring (bicyclic) bond motifs is 1. The van der Waals surface area contributed by atoms with Gasteiger partial charge < -0.3 is 5.32 Å². The van der Waals surface area contributed by atoms with E-state index in [2.05, 4.69) is 10.3 Å². The van der Waals surface area contributed by atoms with Crippen LogP contribution >= 0.6 is 23.1 Å². The van der Waals surface area contributed by atoms with E-state index in [1.54, 1.807) is 12.1 Å². The van der Waals surface area contributed by atoms with Crippen LogP contribution in [0.15, 0.2) is 51.7 Å². The Bertz CT molecular complexity index is 949. The second-order valence-corrected chi connectivity index (χ2v) is 8.06. The number of benzene rings is 2. The molecule has 1 N–H and O–H groups in total. The summed E-state index contributed by atoms with van der Waals surface area (Å²) in [6.07, 6.45) is 1.94. The van der Waals surface area contributed by atoms with Crippen molar-refractivity contribution in [3.05, 3.63) is 58.1 Å². The highest BCUT2D eigenvalue weighted by Crippen LogP contribution is 2.39. The number of nitrogens with one attached hydrogen (secondary N) is 1. The minimum Gasteiger partial charge on any atom is -0.349 e. The number of hydrogen-bond acceptors (Lipinski definition) is 6. The highest BCUT2D eigenvalue weighted by molar-refractivity contribution is 8.01. The normalized spacial score (nSPS) is 13.8. The van der Waals surface area contributed by atoms with Crippen LogP contribution in [-0.2, 0) is 0 Å². The monoisotopic (exact) mass is 371 g/mol. The first-order valence-corrected chi connectivity index (χ1v) is 9.36. The number of nitro benzene ring substituents is 1. The summed E-state index contributed by atoms with van der Waals surface area (Å²) in [6, 6.07) is 12.5. The maximum Gasteiger partial charge on any atom is 0.284 e. The zero-order chi connectivity index (χ0) is 17.4. The first kappa shape index (κ1) is 16.0. The van der Waals surface area contributed by atoms with E-state index in [0.717, 1.165) is 27.4 Å². The quantitative estimate of drug-likeness (QED) is 0.535. The van der Waals surface area contributed by atoms with Gasteiger partial charge >= 0.3 is 0 Å². The van der Waals surface area contributed by atoms with Crippen molar-refractivity contribution in [2.45, 2.75) is 28.1 Å². The lowest BCUT2D eigenvalue weighted by Crippen LogP contribution is -2.25. The van der Waals surface area contributed by atoms with E-state index in [9.17, 15) is 14.9 Å². The van der Waals surface area contributed by atoms with Gasteiger partial charge in [-0.15, -0.1) is 11.3 Å². The molecule has 0 spiro atoms. The van der Waals surface area contributed by atoms with Crippen molar-refractivity contribution in [1.82, 2.24) is 10.3 Å². The first-order valence-electron chi connectivity index (χ1n) is 7.73. The third kappa shape index (κ3) is 3.49. The fourth-order valence-electron chi connectivity index (χ4n) is 2.37. The molecule has 1 heterocycles. The summed E-state index contributed by atoms with van der Waals surface area (Å²) in [4.78, 5) is 28.1. The lowest BCUT2D eigenvalue weighted by atomic mass is 10.2. The molecular weight excluding hydrogens is 358 g/mol. The Balaban J connectivity index is 1.63. The molecule has 1 fully saturated rings. The molecule has 3 aromatic rings. The maximum absolute atomic E-state index is 12.1. The zero-order valence-corrected chi connectivity index (χ0v) is 14.6. The van der Waals surface area contributed by atoms with Crippen molar-refractivity contribution in [2.24, 2.45) is 0 Å². The highest BCUT2D eigenvalue weighted by atomic mass is 32.2. The number of aromatic nitrogens is 1. The molecule has 0 unspecified atom stereocenters. The van der Waals surface area contributed by atoms with E-state index < -0.39 is 4.92 Å². The number of carbonyl (C=O) groups is 1. The van der Waals surface area contributed by atoms with Gasteiger partial charge in [0.05, 0.1) is 20.0 Å². The molecule has 0 aliphatic heterocycles. The molecule has 1 aliphatic carbocycles. The molecule has 1 aromatic heterocycles. The highest BCUT2D eigenvalue weighted by Gasteiger charge is 2.25. The van der Waals surface area contributed by atoms with Crippen LogP contribution in [0.1, 0.15) is 23.2 Å². The lowest BCUT2D eigenvalue weighted by molar-refractivity contribution is -0.387. The summed E-state index contributed by atoms with van der Waals surface area (Å²) < 4.78 is 1.77. The first-order chi connectivity index (χ1) is 12.1. The zero-order valence-electron chi connectivity index (χ0n) is 13.0. The molecule has 0 saturated heterocycles. The van der Waals surface area contributed by atoms with Crippen LogP contribution in [0.5, 0.6) is 0 Å². The topological polar surface area (TPSA) is 85.1 Å². The van der Waals surface area contributed by atoms with E-state index in [-0.39, 0.29) is 17.6 Å². The molecule has 6 nitrogen and oxygen atoms in total. The molecule has 1 amide bonds. The van der Waals surface area contributed by atoms with Gasteiger partial charge in [-0.05, 0) is 37.1 Å². The van der Waals surface area contributed by atoms with E-state index in [1.165, 1.54) is 29.2 Å². The van der Waals surface area contributed by atoms with Crippen LogP contribution in [0.4, 0.5) is 5.69 Å². The van der Waals surface area contributed by atoms with Gasteiger partial charge in [0.25, 0.3) is 11.6 Å². The fraction of sp³-hybridized carbons (Fsp3) is 0.176. The van der Waals surface area contributed by atoms with Gasteiger partial charge in [-0.25, -0.2) is 4.98 Å². The lowest BCUT2D eigenvalue weighted by Gasteiger charge is -2.05. The van der Waals surface area contributed by atoms with Gasteiger partial charge in [-0.2, -0.15) is 0 Å². The number of para-hydroxylation sites is 1. The predicted molar refractivity (Wildman–Crippen MR) is 97.3 cm³/mol. The number of nitro groups is 1. The van der Waals surface area contributed by atoms with E-state index in [0.29, 0.717) is 10.5 Å². The van der Waals surface area contributed by atoms with Crippen LogP contribution in [-0.4, -0.2) is 21.9 Å². The third-order valence-corrected chi connectivity index (χ3v) is 5.96. The number of amides is 1. The van der Waals surface area contributed by atoms with Crippen molar-refractivity contribution in [1.29, 1.82) is 0 Å². The summed E-state index contributed by atoms with van der Waals surface area (Å²) in [5.41, 5.74) is 1.11. The number of hydrogen-bond donors (Lipinski definition) is 1. The van der Waals surface area contributed by atoms with E-state index >= 15 is 0 Å². The SMILES string of the molecule is O=C(NC1CC1)c1ccc(Sc2nc3ccccc3s2)c([N+](=O)[O-])c1. The van der Waals surface area contributed by atoms with E-state index in [4.69, 9.17) is 0 Å². The Morgan fingerprint density at radius 3 is 2.80 bits per heavy atom. The van der Waals surface area contributed by atoms with Gasteiger partial charge in [0.1, 0.15) is 0 Å². The third-order valence-electron chi connectivity index (χ3n) is 3.80. The second-order valence-electron chi connectivity index (χ2n) is 5.74. The summed E-state index contributed by atoms with van der Waals surface area (Å²) in [6.45, 7) is 0. The molecule has 25 heavy (non-hydrogen) atoms. The number of rotatable bonds is 5. The summed E-state index contributed by atoms with van der Waals surface area (Å²) >= 11 is 2.74. The Morgan fingerprint density at radius 2 is 2.08 bits per heavy atom. The van der Waals surface area contributed by atoms with E-state index in [1.807, 2.05) is 24.3 Å². The molecule has 126 valence electrons. The minimum absolute atomic E-state index is 0.0762. The van der Waals surface area contributed by atoms with Crippen molar-refractivity contribution < 1.29 is 9.72 Å². The van der Waals surface area contributed by atoms with Crippen LogP contribution in [0.25, 0.3) is 10.2 Å². The molecule has 2 aromatic carbocycles. The molecule has 0 bridgehead atoms. The number of carbonyl (C=O) groups excluding carboxylic acids is 1. The summed E-state index contributed by atoms with van der Waals surface area (Å²) in [5.74, 6) is -0.262. The van der Waals surface area contributed by atoms with Crippen molar-refractivity contribution in [2.75, 3.05) is 0 Å². The van der Waals surface area contributed by atoms with Crippen molar-refractivity contribution in [3.8, 4) is 0 Å². The summed E-state index contributed by atoms with van der Waals surface area (Å²) in [7, 11) is 0. The van der Waals surface area contributed by atoms with Crippen LogP contribution in [0.2, 0.25) is 0 Å². The van der Waals surface area contributed by atoms with Crippen LogP contribution < -0.4 is 5.32 Å². The molecular formula is C17H13N3O3S2. The number of thiazole rings is 1. The molecule has 1 saturated carbocycles. The van der Waals surface area contributed by atoms with Gasteiger partial charge in [0, 0.05) is 17.7 Å². The largest absolute Gasteiger partial charge is 0.349 e. The summed E-state index contributed by atoms with van der Waals surface area (Å²) in [5, 5.41) is 14.3. The Hall–Kier alpha value is -2.45. The smallest absolute Gasteiger partial charge is 0.284 e. The van der Waals surface area contributed by atoms with Crippen LogP contribution in [0.3, 0.4) is 0 Å². The molecule has 0 radical (unpaired) electrons. The average molecular weight is 371 g/mol. The van der Waals surface area contributed by atoms with Gasteiger partial charge in [0.15, 0.2) is 4.34 Å². The Morgan fingerprint density at radius 1 is 1.28 bits per heavy atom. The standard InChI is InChI=1S/C17H13N3O3S2/c21-16(18-11-6-7-11)10-5-8-15(13(9-10)20(22)23)25-17-19-12-3-1-2-4-14(12)24-17/h1-5,8-9,11H,6-7H2,(H,18,21). The second kappa shape index (κ2) is 6.45. The van der Waals surface area contributed by atoms with Gasteiger partial charge in [-0.1, -0.05) is 23.9 Å². The van der Waals surface area contributed by atoms with Crippen molar-refractivity contribution in [3.63, 3.8) is 0 Å². The number of nitrogens with zero attached hydrogens (tertiary/aromatic N) is 2. The average Bonchev–Trinajstić information content (AvgIpc) is 3.31. The van der Waals surface area contributed by atoms with Crippen LogP contribution in [0, 0.1) is 10.1 Å². The Kier molecular flexibility index (Phi) is 4.14. The van der Waals surface area contributed by atoms with Gasteiger partial charge in [0.2, 0.25) is 0 Å². The Labute approximate surface area is 151 Å². The minimum atomic E-state index is -0.455. The molecule has 8 heteroatoms.